The van der Waals surface area contributed by atoms with Crippen molar-refractivity contribution >= 4 is 0 Å². The fourth-order valence-electron chi connectivity index (χ4n) is 1.82. The normalized spacial score (nSPS) is 30.2. The molecule has 1 aliphatic heterocycles. The highest BCUT2D eigenvalue weighted by Gasteiger charge is 2.13. The standard InChI is InChI=1S/C12H21N/c1-5-9(2)6-12-7-10(3)13-11(4)8-12/h6-7,10-11,13H,5,8H2,1-4H3/b9-6-. The molecule has 0 aliphatic carbocycles. The molecule has 1 nitrogen and oxygen atoms in total. The largest absolute Gasteiger partial charge is 0.308 e. The van der Waals surface area contributed by atoms with Crippen LogP contribution in [-0.4, -0.2) is 12.1 Å². The monoisotopic (exact) mass is 179 g/mol. The molecule has 0 aromatic rings. The maximum Gasteiger partial charge on any atom is 0.0229 e. The third-order valence-corrected chi connectivity index (χ3v) is 2.54. The van der Waals surface area contributed by atoms with E-state index < -0.39 is 0 Å². The van der Waals surface area contributed by atoms with Gasteiger partial charge < -0.3 is 5.32 Å². The summed E-state index contributed by atoms with van der Waals surface area (Å²) in [6.07, 6.45) is 7.00. The number of rotatable bonds is 2. The molecule has 2 unspecified atom stereocenters. The zero-order valence-electron chi connectivity index (χ0n) is 9.22. The number of allylic oxidation sites excluding steroid dienone is 2. The first-order valence-electron chi connectivity index (χ1n) is 5.25. The van der Waals surface area contributed by atoms with Crippen molar-refractivity contribution in [3.05, 3.63) is 23.3 Å². The van der Waals surface area contributed by atoms with E-state index in [9.17, 15) is 0 Å². The Balaban J connectivity index is 2.69. The zero-order valence-corrected chi connectivity index (χ0v) is 9.22. The highest BCUT2D eigenvalue weighted by atomic mass is 14.9. The van der Waals surface area contributed by atoms with Crippen molar-refractivity contribution in [3.8, 4) is 0 Å². The quantitative estimate of drug-likeness (QED) is 0.687. The van der Waals surface area contributed by atoms with Gasteiger partial charge in [-0.1, -0.05) is 24.6 Å². The van der Waals surface area contributed by atoms with Crippen molar-refractivity contribution in [3.63, 3.8) is 0 Å². The van der Waals surface area contributed by atoms with Gasteiger partial charge in [0, 0.05) is 12.1 Å². The molecule has 0 radical (unpaired) electrons. The highest BCUT2D eigenvalue weighted by molar-refractivity contribution is 5.27. The molecule has 1 heteroatoms. The summed E-state index contributed by atoms with van der Waals surface area (Å²) in [6.45, 7) is 8.88. The van der Waals surface area contributed by atoms with Gasteiger partial charge in [0.2, 0.25) is 0 Å². The predicted octanol–water partition coefficient (Wildman–Crippen LogP) is 3.04. The van der Waals surface area contributed by atoms with Crippen LogP contribution in [0.1, 0.15) is 40.5 Å². The lowest BCUT2D eigenvalue weighted by Crippen LogP contribution is -2.36. The molecule has 0 fully saturated rings. The Bertz CT molecular complexity index is 225. The smallest absolute Gasteiger partial charge is 0.0229 e. The fraction of sp³-hybridized carbons (Fsp3) is 0.667. The minimum Gasteiger partial charge on any atom is -0.308 e. The molecule has 0 saturated heterocycles. The van der Waals surface area contributed by atoms with Crippen LogP contribution >= 0.6 is 0 Å². The van der Waals surface area contributed by atoms with Crippen molar-refractivity contribution < 1.29 is 0 Å². The van der Waals surface area contributed by atoms with Gasteiger partial charge in [-0.25, -0.2) is 0 Å². The van der Waals surface area contributed by atoms with E-state index in [-0.39, 0.29) is 0 Å². The van der Waals surface area contributed by atoms with Crippen LogP contribution in [0.5, 0.6) is 0 Å². The summed E-state index contributed by atoms with van der Waals surface area (Å²) in [7, 11) is 0. The molecule has 1 heterocycles. The molecule has 74 valence electrons. The van der Waals surface area contributed by atoms with Gasteiger partial charge in [-0.2, -0.15) is 0 Å². The molecular weight excluding hydrogens is 158 g/mol. The van der Waals surface area contributed by atoms with Crippen LogP contribution in [0.15, 0.2) is 23.3 Å². The van der Waals surface area contributed by atoms with Gasteiger partial charge in [-0.15, -0.1) is 0 Å². The lowest BCUT2D eigenvalue weighted by Gasteiger charge is -2.24. The van der Waals surface area contributed by atoms with Crippen molar-refractivity contribution in [2.24, 2.45) is 0 Å². The van der Waals surface area contributed by atoms with Gasteiger partial charge in [0.05, 0.1) is 0 Å². The van der Waals surface area contributed by atoms with E-state index in [1.54, 1.807) is 0 Å². The van der Waals surface area contributed by atoms with Crippen LogP contribution in [0.25, 0.3) is 0 Å². The molecule has 0 saturated carbocycles. The van der Waals surface area contributed by atoms with Crippen LogP contribution in [0.3, 0.4) is 0 Å². The topological polar surface area (TPSA) is 12.0 Å². The van der Waals surface area contributed by atoms with Gasteiger partial charge >= 0.3 is 0 Å². The summed E-state index contributed by atoms with van der Waals surface area (Å²) in [5.41, 5.74) is 2.98. The van der Waals surface area contributed by atoms with Crippen molar-refractivity contribution in [2.45, 2.75) is 52.6 Å². The first-order valence-corrected chi connectivity index (χ1v) is 5.25. The van der Waals surface area contributed by atoms with Gasteiger partial charge in [0.25, 0.3) is 0 Å². The average Bonchev–Trinajstić information content (AvgIpc) is 2.02. The van der Waals surface area contributed by atoms with Gasteiger partial charge in [-0.05, 0) is 39.2 Å². The Morgan fingerprint density at radius 1 is 1.62 bits per heavy atom. The molecule has 0 spiro atoms. The maximum absolute atomic E-state index is 3.49. The third-order valence-electron chi connectivity index (χ3n) is 2.54. The minimum absolute atomic E-state index is 0.527. The van der Waals surface area contributed by atoms with Crippen LogP contribution in [0, 0.1) is 0 Å². The number of hydrogen-bond acceptors (Lipinski definition) is 1. The second kappa shape index (κ2) is 4.61. The van der Waals surface area contributed by atoms with Crippen molar-refractivity contribution in [2.75, 3.05) is 0 Å². The SMILES string of the molecule is CC/C(C)=C\C1=CC(C)NC(C)C1. The Kier molecular flexibility index (Phi) is 3.73. The minimum atomic E-state index is 0.527. The molecule has 1 aliphatic rings. The maximum atomic E-state index is 3.49. The fourth-order valence-corrected chi connectivity index (χ4v) is 1.82. The third kappa shape index (κ3) is 3.35. The summed E-state index contributed by atoms with van der Waals surface area (Å²) in [5, 5.41) is 3.49. The van der Waals surface area contributed by atoms with Gasteiger partial charge in [-0.3, -0.25) is 0 Å². The van der Waals surface area contributed by atoms with E-state index in [2.05, 4.69) is 45.2 Å². The second-order valence-corrected chi connectivity index (χ2v) is 4.15. The van der Waals surface area contributed by atoms with E-state index in [1.807, 2.05) is 0 Å². The molecule has 13 heavy (non-hydrogen) atoms. The summed E-state index contributed by atoms with van der Waals surface area (Å²) in [4.78, 5) is 0. The van der Waals surface area contributed by atoms with Crippen molar-refractivity contribution in [1.82, 2.24) is 5.32 Å². The van der Waals surface area contributed by atoms with Crippen LogP contribution in [0.4, 0.5) is 0 Å². The van der Waals surface area contributed by atoms with E-state index in [0.29, 0.717) is 12.1 Å². The molecule has 0 amide bonds. The first-order chi connectivity index (χ1) is 6.11. The Labute approximate surface area is 81.9 Å². The lowest BCUT2D eigenvalue weighted by atomic mass is 9.97. The molecule has 0 aromatic heterocycles. The van der Waals surface area contributed by atoms with Gasteiger partial charge in [0.1, 0.15) is 0 Å². The molecule has 0 aromatic carbocycles. The molecule has 1 N–H and O–H groups in total. The molecular formula is C12H21N. The Morgan fingerprint density at radius 3 is 2.85 bits per heavy atom. The van der Waals surface area contributed by atoms with E-state index in [4.69, 9.17) is 0 Å². The summed E-state index contributed by atoms with van der Waals surface area (Å²) in [6, 6.07) is 1.15. The van der Waals surface area contributed by atoms with Gasteiger partial charge in [0.15, 0.2) is 0 Å². The summed E-state index contributed by atoms with van der Waals surface area (Å²) >= 11 is 0. The zero-order chi connectivity index (χ0) is 9.84. The summed E-state index contributed by atoms with van der Waals surface area (Å²) in [5.74, 6) is 0. The van der Waals surface area contributed by atoms with Crippen LogP contribution in [-0.2, 0) is 0 Å². The van der Waals surface area contributed by atoms with Crippen LogP contribution in [0.2, 0.25) is 0 Å². The van der Waals surface area contributed by atoms with E-state index in [0.717, 1.165) is 6.42 Å². The summed E-state index contributed by atoms with van der Waals surface area (Å²) < 4.78 is 0. The second-order valence-electron chi connectivity index (χ2n) is 4.15. The number of hydrogen-bond donors (Lipinski definition) is 1. The Morgan fingerprint density at radius 2 is 2.31 bits per heavy atom. The highest BCUT2D eigenvalue weighted by Crippen LogP contribution is 2.16. The molecule has 0 bridgehead atoms. The lowest BCUT2D eigenvalue weighted by molar-refractivity contribution is 0.489. The van der Waals surface area contributed by atoms with Crippen molar-refractivity contribution in [1.29, 1.82) is 0 Å². The van der Waals surface area contributed by atoms with E-state index in [1.165, 1.54) is 17.6 Å². The predicted molar refractivity (Wildman–Crippen MR) is 58.8 cm³/mol. The molecule has 2 atom stereocenters. The van der Waals surface area contributed by atoms with E-state index >= 15 is 0 Å². The first kappa shape index (κ1) is 10.5. The number of nitrogens with one attached hydrogen (secondary N) is 1. The molecule has 1 rings (SSSR count). The Hall–Kier alpha value is -0.560. The van der Waals surface area contributed by atoms with Crippen LogP contribution < -0.4 is 5.32 Å². The average molecular weight is 179 g/mol.